The van der Waals surface area contributed by atoms with Crippen molar-refractivity contribution < 1.29 is 32.7 Å². The predicted molar refractivity (Wildman–Crippen MR) is 31.8 cm³/mol. The molecule has 0 aliphatic carbocycles. The number of thioether (sulfide) groups is 1. The molecule has 0 fully saturated rings. The summed E-state index contributed by atoms with van der Waals surface area (Å²) in [5, 5.41) is 0. The van der Waals surface area contributed by atoms with E-state index in [0.717, 1.165) is 4.24 Å². The van der Waals surface area contributed by atoms with Gasteiger partial charge in [0.25, 0.3) is 0 Å². The van der Waals surface area contributed by atoms with E-state index in [1.807, 2.05) is 0 Å². The van der Waals surface area contributed by atoms with Crippen LogP contribution in [0.3, 0.4) is 0 Å². The van der Waals surface area contributed by atoms with E-state index >= 15 is 0 Å². The average Bonchev–Trinajstić information content (AvgIpc) is 1.86. The zero-order valence-corrected chi connectivity index (χ0v) is 8.02. The van der Waals surface area contributed by atoms with Gasteiger partial charge in [-0.25, -0.2) is 0 Å². The number of hydrogen-bond acceptors (Lipinski definition) is 3. The second kappa shape index (κ2) is 4.13. The summed E-state index contributed by atoms with van der Waals surface area (Å²) in [5.74, 6) is 0. The molecular weight excluding hydrogens is 203 g/mol. The summed E-state index contributed by atoms with van der Waals surface area (Å²) in [6.45, 7) is 3.62. The average molecular weight is 205 g/mol. The van der Waals surface area contributed by atoms with Crippen molar-refractivity contribution >= 4 is 29.3 Å². The minimum absolute atomic E-state index is 0. The van der Waals surface area contributed by atoms with Gasteiger partial charge in [0.15, 0.2) is 0 Å². The molecule has 1 aliphatic heterocycles. The Balaban J connectivity index is 0.000000360. The maximum atomic E-state index is 3.69. The molecule has 0 aromatic carbocycles. The molecule has 1 nitrogen and oxygen atoms in total. The van der Waals surface area contributed by atoms with Crippen LogP contribution in [0.2, 0.25) is 0 Å². The maximum Gasteiger partial charge on any atom is 0.0238 e. The van der Waals surface area contributed by atoms with Crippen LogP contribution < -0.4 is 0 Å². The maximum absolute atomic E-state index is 3.69. The van der Waals surface area contributed by atoms with E-state index in [0.29, 0.717) is 0 Å². The van der Waals surface area contributed by atoms with Crippen LogP contribution in [0, 0.1) is 0 Å². The molecule has 0 atom stereocenters. The SMILES string of the molecule is C=C1S[C-]=NS1.[Y]. The number of hydrogen-bond donors (Lipinski definition) is 0. The second-order valence-corrected chi connectivity index (χ2v) is 2.74. The summed E-state index contributed by atoms with van der Waals surface area (Å²) >= 11 is 2.83. The minimum atomic E-state index is 0. The molecule has 7 heavy (non-hydrogen) atoms. The van der Waals surface area contributed by atoms with E-state index in [-0.39, 0.29) is 32.7 Å². The largest absolute Gasteiger partial charge is 0.423 e. The molecule has 35 valence electrons. The number of rotatable bonds is 0. The second-order valence-electron chi connectivity index (χ2n) is 0.748. The van der Waals surface area contributed by atoms with E-state index in [1.54, 1.807) is 0 Å². The molecule has 0 N–H and O–H groups in total. The smallest absolute Gasteiger partial charge is 0.0238 e. The third-order valence-electron chi connectivity index (χ3n) is 0.344. The first-order valence-electron chi connectivity index (χ1n) is 1.37. The van der Waals surface area contributed by atoms with Crippen LogP contribution in [0.25, 0.3) is 0 Å². The van der Waals surface area contributed by atoms with Gasteiger partial charge in [-0.1, -0.05) is 6.58 Å². The van der Waals surface area contributed by atoms with Crippen LogP contribution >= 0.6 is 23.7 Å². The van der Waals surface area contributed by atoms with Gasteiger partial charge >= 0.3 is 0 Å². The summed E-state index contributed by atoms with van der Waals surface area (Å²) in [6, 6.07) is 0. The van der Waals surface area contributed by atoms with Crippen molar-refractivity contribution in [3.05, 3.63) is 10.8 Å². The molecule has 1 rings (SSSR count). The fourth-order valence-corrected chi connectivity index (χ4v) is 1.03. The third kappa shape index (κ3) is 2.91. The molecular formula is C3H2NS2Y-. The molecule has 4 heteroatoms. The van der Waals surface area contributed by atoms with E-state index < -0.39 is 0 Å². The van der Waals surface area contributed by atoms with Crippen molar-refractivity contribution in [2.75, 3.05) is 0 Å². The van der Waals surface area contributed by atoms with E-state index in [1.165, 1.54) is 23.7 Å². The summed E-state index contributed by atoms with van der Waals surface area (Å²) in [4.78, 5) is 0. The molecule has 0 aromatic heterocycles. The van der Waals surface area contributed by atoms with Gasteiger partial charge in [-0.3, -0.25) is 11.8 Å². The number of nitrogens with zero attached hydrogens (tertiary/aromatic N) is 1. The zero-order chi connectivity index (χ0) is 4.41. The summed E-state index contributed by atoms with van der Waals surface area (Å²) in [6.07, 6.45) is 0. The van der Waals surface area contributed by atoms with Crippen molar-refractivity contribution in [2.45, 2.75) is 0 Å². The van der Waals surface area contributed by atoms with Crippen molar-refractivity contribution in [1.82, 2.24) is 0 Å². The van der Waals surface area contributed by atoms with Gasteiger partial charge in [0.2, 0.25) is 0 Å². The van der Waals surface area contributed by atoms with Gasteiger partial charge < -0.3 is 9.94 Å². The third-order valence-corrected chi connectivity index (χ3v) is 1.73. The first kappa shape index (κ1) is 8.21. The Morgan fingerprint density at radius 3 is 2.57 bits per heavy atom. The summed E-state index contributed by atoms with van der Waals surface area (Å²) < 4.78 is 4.70. The van der Waals surface area contributed by atoms with Crippen molar-refractivity contribution in [2.24, 2.45) is 4.40 Å². The fraction of sp³-hybridized carbons (Fsp3) is 0. The zero-order valence-electron chi connectivity index (χ0n) is 3.55. The van der Waals surface area contributed by atoms with Gasteiger partial charge in [0, 0.05) is 36.9 Å². The first-order valence-corrected chi connectivity index (χ1v) is 2.96. The molecule has 0 spiro atoms. The molecule has 0 amide bonds. The molecule has 0 aromatic rings. The Kier molecular flexibility index (Phi) is 4.84. The van der Waals surface area contributed by atoms with Gasteiger partial charge in [-0.15, -0.1) is 0 Å². The van der Waals surface area contributed by atoms with E-state index in [4.69, 9.17) is 0 Å². The Bertz CT molecular complexity index is 91.1. The molecule has 0 saturated heterocycles. The van der Waals surface area contributed by atoms with Crippen molar-refractivity contribution in [1.29, 1.82) is 0 Å². The van der Waals surface area contributed by atoms with E-state index in [2.05, 4.69) is 16.5 Å². The van der Waals surface area contributed by atoms with Crippen LogP contribution in [0.1, 0.15) is 0 Å². The van der Waals surface area contributed by atoms with Crippen molar-refractivity contribution in [3.8, 4) is 0 Å². The molecule has 0 saturated carbocycles. The van der Waals surface area contributed by atoms with Crippen LogP contribution in [0.5, 0.6) is 0 Å². The Hall–Kier alpha value is 1.21. The van der Waals surface area contributed by atoms with Gasteiger partial charge in [0.05, 0.1) is 0 Å². The minimum Gasteiger partial charge on any atom is -0.423 e. The van der Waals surface area contributed by atoms with Crippen molar-refractivity contribution in [3.63, 3.8) is 0 Å². The normalized spacial score (nSPS) is 16.9. The van der Waals surface area contributed by atoms with Crippen LogP contribution in [0.15, 0.2) is 15.2 Å². The van der Waals surface area contributed by atoms with Crippen LogP contribution in [-0.4, -0.2) is 5.55 Å². The van der Waals surface area contributed by atoms with Gasteiger partial charge in [0.1, 0.15) is 0 Å². The van der Waals surface area contributed by atoms with Gasteiger partial charge in [-0.05, 0) is 11.9 Å². The summed E-state index contributed by atoms with van der Waals surface area (Å²) in [7, 11) is 0. The van der Waals surface area contributed by atoms with Crippen LogP contribution in [-0.2, 0) is 32.7 Å². The molecule has 1 radical (unpaired) electrons. The van der Waals surface area contributed by atoms with Gasteiger partial charge in [-0.2, -0.15) is 0 Å². The monoisotopic (exact) mass is 205 g/mol. The summed E-state index contributed by atoms with van der Waals surface area (Å²) in [5.41, 5.74) is 2.68. The topological polar surface area (TPSA) is 12.4 Å². The van der Waals surface area contributed by atoms with E-state index in [9.17, 15) is 0 Å². The molecule has 1 aliphatic rings. The fourth-order valence-electron chi connectivity index (χ4n) is 0.158. The Morgan fingerprint density at radius 1 is 1.71 bits per heavy atom. The molecule has 0 bridgehead atoms. The predicted octanol–water partition coefficient (Wildman–Crippen LogP) is 1.76. The molecule has 1 heterocycles. The first-order chi connectivity index (χ1) is 2.89. The van der Waals surface area contributed by atoms with Crippen LogP contribution in [0.4, 0.5) is 0 Å². The Morgan fingerprint density at radius 2 is 2.43 bits per heavy atom. The Labute approximate surface area is 76.4 Å². The quantitative estimate of drug-likeness (QED) is 0.441. The molecule has 0 unspecified atom stereocenters. The standard InChI is InChI=1S/C3H2NS2.Y/c1-3-5-2-4-6-3;/h1H2;/q-1;.